The number of hydrogen-bond donors (Lipinski definition) is 3. The molecule has 1 aromatic rings. The summed E-state index contributed by atoms with van der Waals surface area (Å²) in [5, 5.41) is 4.85. The van der Waals surface area contributed by atoms with Crippen molar-refractivity contribution in [2.75, 3.05) is 18.8 Å². The number of rotatable bonds is 10. The second kappa shape index (κ2) is 8.47. The lowest BCUT2D eigenvalue weighted by atomic mass is 10.3. The molecular formula is C11H21N3O3S2. The second-order valence-corrected chi connectivity index (χ2v) is 7.04. The Morgan fingerprint density at radius 1 is 1.32 bits per heavy atom. The predicted octanol–water partition coefficient (Wildman–Crippen LogP) is 0.636. The van der Waals surface area contributed by atoms with Crippen molar-refractivity contribution in [1.82, 2.24) is 15.0 Å². The molecule has 0 aromatic carbocycles. The van der Waals surface area contributed by atoms with E-state index in [2.05, 4.69) is 21.9 Å². The van der Waals surface area contributed by atoms with Crippen LogP contribution in [0.4, 0.5) is 0 Å². The van der Waals surface area contributed by atoms with Gasteiger partial charge < -0.3 is 10.3 Å². The van der Waals surface area contributed by atoms with Crippen LogP contribution in [0.15, 0.2) is 10.2 Å². The van der Waals surface area contributed by atoms with Gasteiger partial charge in [-0.2, -0.15) is 0 Å². The van der Waals surface area contributed by atoms with E-state index in [0.717, 1.165) is 37.3 Å². The second-order valence-electron chi connectivity index (χ2n) is 4.27. The lowest BCUT2D eigenvalue weighted by Crippen LogP contribution is -2.27. The minimum Gasteiger partial charge on any atom is -0.317 e. The molecule has 1 heterocycles. The summed E-state index contributed by atoms with van der Waals surface area (Å²) in [6.45, 7) is 4.06. The monoisotopic (exact) mass is 307 g/mol. The molecule has 0 aliphatic carbocycles. The van der Waals surface area contributed by atoms with Crippen LogP contribution in [0.2, 0.25) is 0 Å². The number of aromatic nitrogens is 1. The maximum Gasteiger partial charge on any atom is 0.304 e. The third kappa shape index (κ3) is 7.46. The molecule has 0 unspecified atom stereocenters. The number of H-pyrrole nitrogens is 1. The molecule has 0 amide bonds. The summed E-state index contributed by atoms with van der Waals surface area (Å²) >= 11 is 1.03. The first kappa shape index (κ1) is 16.4. The zero-order valence-electron chi connectivity index (χ0n) is 11.1. The van der Waals surface area contributed by atoms with E-state index in [4.69, 9.17) is 0 Å². The molecule has 3 N–H and O–H groups in total. The lowest BCUT2D eigenvalue weighted by Gasteiger charge is -2.06. The molecule has 0 saturated heterocycles. The minimum absolute atomic E-state index is 0.120. The Labute approximate surface area is 117 Å². The van der Waals surface area contributed by atoms with E-state index < -0.39 is 10.0 Å². The van der Waals surface area contributed by atoms with Crippen LogP contribution < -0.4 is 14.9 Å². The van der Waals surface area contributed by atoms with Gasteiger partial charge in [0.25, 0.3) is 0 Å². The van der Waals surface area contributed by atoms with Crippen molar-refractivity contribution in [2.45, 2.75) is 32.7 Å². The molecule has 1 aromatic heterocycles. The summed E-state index contributed by atoms with van der Waals surface area (Å²) in [5.74, 6) is 0.120. The van der Waals surface area contributed by atoms with Crippen LogP contribution in [0.3, 0.4) is 0 Å². The molecule has 8 heteroatoms. The summed E-state index contributed by atoms with van der Waals surface area (Å²) in [7, 11) is -3.26. The summed E-state index contributed by atoms with van der Waals surface area (Å²) < 4.78 is 25.8. The Hall–Kier alpha value is -0.700. The molecule has 0 aliphatic rings. The number of hydrogen-bond acceptors (Lipinski definition) is 5. The molecule has 0 spiro atoms. The predicted molar refractivity (Wildman–Crippen MR) is 78.0 cm³/mol. The highest BCUT2D eigenvalue weighted by Gasteiger charge is 2.09. The van der Waals surface area contributed by atoms with Crippen molar-refractivity contribution in [2.24, 2.45) is 0 Å². The third-order valence-corrected chi connectivity index (χ3v) is 4.63. The molecule has 0 radical (unpaired) electrons. The van der Waals surface area contributed by atoms with Gasteiger partial charge in [0.2, 0.25) is 10.0 Å². The van der Waals surface area contributed by atoms with Gasteiger partial charge >= 0.3 is 4.87 Å². The first-order valence-electron chi connectivity index (χ1n) is 6.38. The van der Waals surface area contributed by atoms with Gasteiger partial charge in [0.1, 0.15) is 0 Å². The van der Waals surface area contributed by atoms with E-state index in [1.54, 1.807) is 5.38 Å². The van der Waals surface area contributed by atoms with Crippen LogP contribution in [0.25, 0.3) is 0 Å². The van der Waals surface area contributed by atoms with Gasteiger partial charge in [-0.25, -0.2) is 13.1 Å². The minimum atomic E-state index is -3.26. The van der Waals surface area contributed by atoms with Crippen molar-refractivity contribution in [3.05, 3.63) is 20.7 Å². The van der Waals surface area contributed by atoms with Gasteiger partial charge in [0, 0.05) is 11.1 Å². The third-order valence-electron chi connectivity index (χ3n) is 2.50. The molecule has 19 heavy (non-hydrogen) atoms. The Balaban J connectivity index is 2.19. The zero-order chi connectivity index (χ0) is 14.1. The molecule has 110 valence electrons. The van der Waals surface area contributed by atoms with E-state index >= 15 is 0 Å². The van der Waals surface area contributed by atoms with Gasteiger partial charge in [-0.15, -0.1) is 0 Å². The SMILES string of the molecule is CCCNCCCCS(=O)(=O)NCc1csc(=O)[nH]1. The molecule has 1 rings (SSSR count). The average Bonchev–Trinajstić information content (AvgIpc) is 2.77. The molecular weight excluding hydrogens is 286 g/mol. The van der Waals surface area contributed by atoms with Gasteiger partial charge in [-0.05, 0) is 32.4 Å². The van der Waals surface area contributed by atoms with Crippen LogP contribution in [0.1, 0.15) is 31.9 Å². The highest BCUT2D eigenvalue weighted by molar-refractivity contribution is 7.89. The van der Waals surface area contributed by atoms with Gasteiger partial charge in [-0.1, -0.05) is 18.3 Å². The van der Waals surface area contributed by atoms with Crippen LogP contribution >= 0.6 is 11.3 Å². The van der Waals surface area contributed by atoms with E-state index in [-0.39, 0.29) is 17.2 Å². The van der Waals surface area contributed by atoms with E-state index in [1.807, 2.05) is 0 Å². The Bertz CT molecular complexity index is 507. The number of sulfonamides is 1. The maximum atomic E-state index is 11.7. The number of nitrogens with one attached hydrogen (secondary N) is 3. The fourth-order valence-corrected chi connectivity index (χ4v) is 3.19. The molecule has 0 bridgehead atoms. The Kier molecular flexibility index (Phi) is 7.29. The molecule has 0 fully saturated rings. The van der Waals surface area contributed by atoms with Crippen LogP contribution in [0.5, 0.6) is 0 Å². The summed E-state index contributed by atoms with van der Waals surface area (Å²) in [6.07, 6.45) is 2.56. The molecule has 6 nitrogen and oxygen atoms in total. The van der Waals surface area contributed by atoms with E-state index in [9.17, 15) is 13.2 Å². The van der Waals surface area contributed by atoms with Crippen LogP contribution in [0, 0.1) is 0 Å². The quantitative estimate of drug-likeness (QED) is 0.553. The standard InChI is InChI=1S/C11H21N3O3S2/c1-2-5-12-6-3-4-7-19(16,17)13-8-10-9-18-11(15)14-10/h9,12-13H,2-8H2,1H3,(H,14,15). The van der Waals surface area contributed by atoms with Crippen molar-refractivity contribution in [1.29, 1.82) is 0 Å². The number of unbranched alkanes of at least 4 members (excludes halogenated alkanes) is 1. The molecule has 0 saturated carbocycles. The average molecular weight is 307 g/mol. The zero-order valence-corrected chi connectivity index (χ0v) is 12.7. The van der Waals surface area contributed by atoms with E-state index in [0.29, 0.717) is 12.1 Å². The van der Waals surface area contributed by atoms with Crippen molar-refractivity contribution < 1.29 is 8.42 Å². The van der Waals surface area contributed by atoms with Crippen molar-refractivity contribution in [3.8, 4) is 0 Å². The summed E-state index contributed by atoms with van der Waals surface area (Å²) in [6, 6.07) is 0. The first-order valence-corrected chi connectivity index (χ1v) is 8.91. The summed E-state index contributed by atoms with van der Waals surface area (Å²) in [4.78, 5) is 13.3. The number of thiazole rings is 1. The fraction of sp³-hybridized carbons (Fsp3) is 0.727. The number of aromatic amines is 1. The lowest BCUT2D eigenvalue weighted by molar-refractivity contribution is 0.572. The van der Waals surface area contributed by atoms with Gasteiger partial charge in [-0.3, -0.25) is 4.79 Å². The highest BCUT2D eigenvalue weighted by atomic mass is 32.2. The largest absolute Gasteiger partial charge is 0.317 e. The van der Waals surface area contributed by atoms with Crippen molar-refractivity contribution in [3.63, 3.8) is 0 Å². The highest BCUT2D eigenvalue weighted by Crippen LogP contribution is 1.98. The smallest absolute Gasteiger partial charge is 0.304 e. The Morgan fingerprint density at radius 3 is 2.74 bits per heavy atom. The van der Waals surface area contributed by atoms with Crippen LogP contribution in [-0.4, -0.2) is 32.2 Å². The van der Waals surface area contributed by atoms with Gasteiger partial charge in [0.05, 0.1) is 12.3 Å². The van der Waals surface area contributed by atoms with Crippen molar-refractivity contribution >= 4 is 21.4 Å². The molecule has 0 atom stereocenters. The topological polar surface area (TPSA) is 91.1 Å². The maximum absolute atomic E-state index is 11.7. The fourth-order valence-electron chi connectivity index (χ4n) is 1.50. The normalized spacial score (nSPS) is 11.8. The van der Waals surface area contributed by atoms with Gasteiger partial charge in [0.15, 0.2) is 0 Å². The summed E-state index contributed by atoms with van der Waals surface area (Å²) in [5.41, 5.74) is 0.600. The van der Waals surface area contributed by atoms with E-state index in [1.165, 1.54) is 0 Å². The van der Waals surface area contributed by atoms with Crippen LogP contribution in [-0.2, 0) is 16.6 Å². The Morgan fingerprint density at radius 2 is 2.11 bits per heavy atom. The molecule has 0 aliphatic heterocycles. The first-order chi connectivity index (χ1) is 9.03.